The van der Waals surface area contributed by atoms with Crippen LogP contribution in [-0.4, -0.2) is 44.7 Å². The number of rotatable bonds is 3. The van der Waals surface area contributed by atoms with Crippen LogP contribution in [0.25, 0.3) is 5.65 Å². The van der Waals surface area contributed by atoms with E-state index < -0.39 is 5.60 Å². The molecule has 2 aliphatic heterocycles. The second-order valence-electron chi connectivity index (χ2n) is 7.55. The van der Waals surface area contributed by atoms with Gasteiger partial charge in [0.2, 0.25) is 0 Å². The molecule has 26 heavy (non-hydrogen) atoms. The second kappa shape index (κ2) is 6.20. The highest BCUT2D eigenvalue weighted by molar-refractivity contribution is 5.41. The Kier molecular flexibility index (Phi) is 3.81. The largest absolute Gasteiger partial charge is 0.385 e. The van der Waals surface area contributed by atoms with Gasteiger partial charge in [0.1, 0.15) is 5.65 Å². The van der Waals surface area contributed by atoms with Crippen molar-refractivity contribution in [2.75, 3.05) is 13.2 Å². The zero-order valence-electron chi connectivity index (χ0n) is 14.7. The first-order valence-corrected chi connectivity index (χ1v) is 9.24. The third kappa shape index (κ3) is 2.72. The van der Waals surface area contributed by atoms with Crippen molar-refractivity contribution in [3.8, 4) is 0 Å². The van der Waals surface area contributed by atoms with Crippen molar-refractivity contribution >= 4 is 5.65 Å². The highest BCUT2D eigenvalue weighted by atomic mass is 16.5. The normalized spacial score (nSPS) is 29.1. The van der Waals surface area contributed by atoms with Crippen LogP contribution in [0.3, 0.4) is 0 Å². The summed E-state index contributed by atoms with van der Waals surface area (Å²) in [6.07, 6.45) is 7.11. The number of ether oxygens (including phenoxy) is 1. The van der Waals surface area contributed by atoms with Gasteiger partial charge in [-0.1, -0.05) is 36.4 Å². The van der Waals surface area contributed by atoms with Crippen LogP contribution in [0.4, 0.5) is 0 Å². The minimum absolute atomic E-state index is 0.228. The van der Waals surface area contributed by atoms with E-state index in [-0.39, 0.29) is 12.1 Å². The maximum absolute atomic E-state index is 11.5. The molecule has 1 aromatic carbocycles. The number of nitrogens with zero attached hydrogens (tertiary/aromatic N) is 3. The van der Waals surface area contributed by atoms with E-state index in [0.717, 1.165) is 17.8 Å². The molecule has 2 fully saturated rings. The van der Waals surface area contributed by atoms with Crippen LogP contribution in [0.15, 0.2) is 61.1 Å². The topological polar surface area (TPSA) is 50.0 Å². The lowest BCUT2D eigenvalue weighted by molar-refractivity contribution is -0.149. The predicted octanol–water partition coefficient (Wildman–Crippen LogP) is 2.59. The molecule has 0 amide bonds. The molecule has 5 heteroatoms. The lowest BCUT2D eigenvalue weighted by atomic mass is 9.77. The Morgan fingerprint density at radius 2 is 1.85 bits per heavy atom. The number of pyridine rings is 1. The molecule has 3 aromatic rings. The van der Waals surface area contributed by atoms with Crippen molar-refractivity contribution < 1.29 is 9.84 Å². The molecule has 2 atom stereocenters. The standard InChI is InChI=1S/C21H23N3O2/c25-21(17-6-7-20-22-8-9-23(20)13-17)10-18-14-26-15-19(11-21)24(18)12-16-4-2-1-3-5-16/h1-9,13,18-19,25H,10-12,14-15H2. The van der Waals surface area contributed by atoms with Gasteiger partial charge in [0, 0.05) is 42.8 Å². The molecule has 134 valence electrons. The third-order valence-corrected chi connectivity index (χ3v) is 5.84. The highest BCUT2D eigenvalue weighted by Gasteiger charge is 2.47. The molecule has 0 aliphatic carbocycles. The Hall–Kier alpha value is -2.21. The summed E-state index contributed by atoms with van der Waals surface area (Å²) in [6, 6.07) is 15.0. The van der Waals surface area contributed by atoms with Gasteiger partial charge in [0.15, 0.2) is 0 Å². The maximum Gasteiger partial charge on any atom is 0.136 e. The van der Waals surface area contributed by atoms with Gasteiger partial charge in [-0.3, -0.25) is 4.90 Å². The summed E-state index contributed by atoms with van der Waals surface area (Å²) < 4.78 is 7.81. The molecule has 0 radical (unpaired) electrons. The molecular weight excluding hydrogens is 326 g/mol. The minimum atomic E-state index is -0.815. The predicted molar refractivity (Wildman–Crippen MR) is 98.7 cm³/mol. The Morgan fingerprint density at radius 3 is 2.62 bits per heavy atom. The van der Waals surface area contributed by atoms with Gasteiger partial charge < -0.3 is 14.2 Å². The van der Waals surface area contributed by atoms with E-state index in [0.29, 0.717) is 26.1 Å². The van der Waals surface area contributed by atoms with E-state index in [1.54, 1.807) is 6.20 Å². The zero-order valence-corrected chi connectivity index (χ0v) is 14.7. The molecular formula is C21H23N3O2. The molecule has 5 nitrogen and oxygen atoms in total. The number of fused-ring (bicyclic) bond motifs is 3. The Balaban J connectivity index is 1.43. The highest BCUT2D eigenvalue weighted by Crippen LogP contribution is 2.41. The number of aliphatic hydroxyl groups is 1. The average molecular weight is 349 g/mol. The number of aromatic nitrogens is 2. The van der Waals surface area contributed by atoms with Crippen LogP contribution >= 0.6 is 0 Å². The van der Waals surface area contributed by atoms with Gasteiger partial charge in [0.05, 0.1) is 18.8 Å². The first kappa shape index (κ1) is 16.0. The fourth-order valence-corrected chi connectivity index (χ4v) is 4.53. The van der Waals surface area contributed by atoms with Gasteiger partial charge in [0.25, 0.3) is 0 Å². The molecule has 5 rings (SSSR count). The van der Waals surface area contributed by atoms with E-state index in [4.69, 9.17) is 4.74 Å². The molecule has 2 bridgehead atoms. The molecule has 2 aromatic heterocycles. The van der Waals surface area contributed by atoms with Crippen molar-refractivity contribution in [2.24, 2.45) is 0 Å². The zero-order chi connectivity index (χ0) is 17.6. The minimum Gasteiger partial charge on any atom is -0.385 e. The third-order valence-electron chi connectivity index (χ3n) is 5.84. The van der Waals surface area contributed by atoms with Crippen molar-refractivity contribution in [3.63, 3.8) is 0 Å². The molecule has 2 unspecified atom stereocenters. The van der Waals surface area contributed by atoms with Crippen LogP contribution in [0, 0.1) is 0 Å². The van der Waals surface area contributed by atoms with Gasteiger partial charge in [-0.2, -0.15) is 0 Å². The van der Waals surface area contributed by atoms with E-state index in [1.807, 2.05) is 28.9 Å². The van der Waals surface area contributed by atoms with E-state index in [9.17, 15) is 5.11 Å². The lowest BCUT2D eigenvalue weighted by Crippen LogP contribution is -2.60. The first-order valence-electron chi connectivity index (χ1n) is 9.24. The number of hydrogen-bond acceptors (Lipinski definition) is 4. The van der Waals surface area contributed by atoms with E-state index >= 15 is 0 Å². The van der Waals surface area contributed by atoms with Crippen molar-refractivity contribution in [2.45, 2.75) is 37.1 Å². The summed E-state index contributed by atoms with van der Waals surface area (Å²) in [5, 5.41) is 11.5. The fraction of sp³-hybridized carbons (Fsp3) is 0.381. The lowest BCUT2D eigenvalue weighted by Gasteiger charge is -2.51. The number of piperidine rings is 1. The summed E-state index contributed by atoms with van der Waals surface area (Å²) in [7, 11) is 0. The van der Waals surface area contributed by atoms with Crippen molar-refractivity contribution in [1.29, 1.82) is 0 Å². The number of imidazole rings is 1. The number of hydrogen-bond donors (Lipinski definition) is 1. The van der Waals surface area contributed by atoms with E-state index in [2.05, 4.69) is 40.2 Å². The van der Waals surface area contributed by atoms with Crippen LogP contribution < -0.4 is 0 Å². The van der Waals surface area contributed by atoms with Crippen molar-refractivity contribution in [1.82, 2.24) is 14.3 Å². The summed E-state index contributed by atoms with van der Waals surface area (Å²) in [5.41, 5.74) is 2.38. The van der Waals surface area contributed by atoms with Crippen LogP contribution in [0.5, 0.6) is 0 Å². The monoisotopic (exact) mass is 349 g/mol. The van der Waals surface area contributed by atoms with Crippen LogP contribution in [0.2, 0.25) is 0 Å². The van der Waals surface area contributed by atoms with Crippen LogP contribution in [0.1, 0.15) is 24.0 Å². The van der Waals surface area contributed by atoms with Gasteiger partial charge in [-0.25, -0.2) is 4.98 Å². The molecule has 0 saturated carbocycles. The molecule has 4 heterocycles. The fourth-order valence-electron chi connectivity index (χ4n) is 4.53. The molecule has 2 saturated heterocycles. The van der Waals surface area contributed by atoms with Gasteiger partial charge >= 0.3 is 0 Å². The quantitative estimate of drug-likeness (QED) is 0.790. The summed E-state index contributed by atoms with van der Waals surface area (Å²) >= 11 is 0. The smallest absolute Gasteiger partial charge is 0.136 e. The molecule has 2 aliphatic rings. The maximum atomic E-state index is 11.5. The Morgan fingerprint density at radius 1 is 1.08 bits per heavy atom. The summed E-state index contributed by atoms with van der Waals surface area (Å²) in [5.74, 6) is 0. The van der Waals surface area contributed by atoms with Gasteiger partial charge in [-0.15, -0.1) is 0 Å². The molecule has 1 N–H and O–H groups in total. The Labute approximate surface area is 152 Å². The first-order chi connectivity index (χ1) is 12.7. The summed E-state index contributed by atoms with van der Waals surface area (Å²) in [6.45, 7) is 2.27. The van der Waals surface area contributed by atoms with Gasteiger partial charge in [-0.05, 0) is 24.5 Å². The SMILES string of the molecule is OC1(c2ccc3nccn3c2)CC2COCC(C1)N2Cc1ccccc1. The van der Waals surface area contributed by atoms with Crippen molar-refractivity contribution in [3.05, 3.63) is 72.2 Å². The summed E-state index contributed by atoms with van der Waals surface area (Å²) in [4.78, 5) is 6.81. The average Bonchev–Trinajstić information content (AvgIpc) is 3.11. The molecule has 0 spiro atoms. The number of morpholine rings is 1. The number of benzene rings is 1. The van der Waals surface area contributed by atoms with Crippen LogP contribution in [-0.2, 0) is 16.9 Å². The Bertz CT molecular complexity index is 894. The second-order valence-corrected chi connectivity index (χ2v) is 7.55. The van der Waals surface area contributed by atoms with E-state index in [1.165, 1.54) is 5.56 Å².